The summed E-state index contributed by atoms with van der Waals surface area (Å²) < 4.78 is 13.3. The minimum Gasteiger partial charge on any atom is -0.476 e. The number of hydrogen-bond acceptors (Lipinski definition) is 10. The molecule has 4 aromatic heterocycles. The number of β-amino-alcohol motifs (C(OH)–C–C–N with tert-alkyl or cyclic N) is 1. The maximum atomic E-state index is 12.4. The number of carbonyl (C=O) groups is 1. The maximum absolute atomic E-state index is 12.4. The van der Waals surface area contributed by atoms with Gasteiger partial charge in [0.15, 0.2) is 10.8 Å². The number of anilines is 2. The lowest BCUT2D eigenvalue weighted by Gasteiger charge is -2.19. The van der Waals surface area contributed by atoms with Crippen LogP contribution < -0.4 is 20.7 Å². The van der Waals surface area contributed by atoms with E-state index in [-0.39, 0.29) is 17.6 Å². The summed E-state index contributed by atoms with van der Waals surface area (Å²) >= 11 is 1.48. The van der Waals surface area contributed by atoms with Gasteiger partial charge in [-0.05, 0) is 31.0 Å². The Morgan fingerprint density at radius 3 is 2.64 bits per heavy atom. The van der Waals surface area contributed by atoms with Crippen molar-refractivity contribution in [3.63, 3.8) is 0 Å². The molecule has 220 valence electrons. The largest absolute Gasteiger partial charge is 0.476 e. The van der Waals surface area contributed by atoms with Gasteiger partial charge in [0.2, 0.25) is 5.88 Å². The molecule has 1 saturated carbocycles. The number of rotatable bonds is 10. The molecular formula is C29H33N7O5S. The minimum atomic E-state index is -0.779. The van der Waals surface area contributed by atoms with Gasteiger partial charge in [-0.1, -0.05) is 49.4 Å². The molecule has 0 spiro atoms. The molecule has 1 aromatic carbocycles. The number of ether oxygens (including phenoxy) is 1. The summed E-state index contributed by atoms with van der Waals surface area (Å²) in [5.74, 6) is 1.58. The van der Waals surface area contributed by atoms with Crippen LogP contribution in [0.25, 0.3) is 26.6 Å². The molecule has 1 fully saturated rings. The molecule has 5 N–H and O–H groups in total. The second kappa shape index (κ2) is 11.0. The zero-order valence-corrected chi connectivity index (χ0v) is 24.4. The van der Waals surface area contributed by atoms with E-state index in [9.17, 15) is 9.90 Å². The SMILES string of the molecule is CC(C)(C)c1cc(NC(=O)Nc2ccc(-c3cn4c(n3)sc3nc(OCC5(NCC(O)CO)CC5)ccc34)cc2)no1. The summed E-state index contributed by atoms with van der Waals surface area (Å²) in [4.78, 5) is 23.5. The molecule has 42 heavy (non-hydrogen) atoms. The van der Waals surface area contributed by atoms with Crippen LogP contribution in [0.4, 0.5) is 16.3 Å². The van der Waals surface area contributed by atoms with E-state index in [4.69, 9.17) is 19.4 Å². The quantitative estimate of drug-likeness (QED) is 0.159. The monoisotopic (exact) mass is 591 g/mol. The van der Waals surface area contributed by atoms with Crippen LogP contribution in [-0.4, -0.2) is 67.2 Å². The van der Waals surface area contributed by atoms with Crippen molar-refractivity contribution in [1.82, 2.24) is 24.8 Å². The molecule has 6 rings (SSSR count). The molecule has 1 aliphatic rings. The Morgan fingerprint density at radius 1 is 1.17 bits per heavy atom. The van der Waals surface area contributed by atoms with E-state index >= 15 is 0 Å². The van der Waals surface area contributed by atoms with Gasteiger partial charge in [-0.25, -0.2) is 14.8 Å². The summed E-state index contributed by atoms with van der Waals surface area (Å²) in [7, 11) is 0. The second-order valence-electron chi connectivity index (χ2n) is 11.6. The number of imidazole rings is 1. The van der Waals surface area contributed by atoms with Crippen molar-refractivity contribution in [2.45, 2.75) is 50.7 Å². The number of nitrogens with zero attached hydrogens (tertiary/aromatic N) is 4. The molecule has 0 saturated heterocycles. The first kappa shape index (κ1) is 28.1. The Kier molecular flexibility index (Phi) is 7.35. The summed E-state index contributed by atoms with van der Waals surface area (Å²) in [6.07, 6.45) is 3.10. The van der Waals surface area contributed by atoms with E-state index in [0.717, 1.165) is 39.4 Å². The number of nitrogens with one attached hydrogen (secondary N) is 3. The number of aromatic nitrogens is 4. The lowest BCUT2D eigenvalue weighted by atomic mass is 9.93. The minimum absolute atomic E-state index is 0.173. The van der Waals surface area contributed by atoms with Crippen LogP contribution in [-0.2, 0) is 5.41 Å². The number of thiazole rings is 1. The Hall–Kier alpha value is -4.04. The fourth-order valence-corrected chi connectivity index (χ4v) is 5.39. The van der Waals surface area contributed by atoms with Crippen LogP contribution in [0.2, 0.25) is 0 Å². The van der Waals surface area contributed by atoms with Crippen molar-refractivity contribution in [3.05, 3.63) is 54.4 Å². The standard InChI is InChI=1S/C29H33N7O5S/c1-28(2,3)22-12-23(35-41-22)33-26(39)31-18-6-4-17(5-7-18)20-14-36-21-8-9-24(34-25(21)42-27(36)32-20)40-16-29(10-11-29)30-13-19(38)15-37/h4-9,12,14,19,30,37-38H,10-11,13,15-16H2,1-3H3,(H2,31,33,35,39). The molecule has 5 aromatic rings. The van der Waals surface area contributed by atoms with Crippen LogP contribution in [0.15, 0.2) is 53.2 Å². The number of amides is 2. The van der Waals surface area contributed by atoms with Crippen LogP contribution in [0.1, 0.15) is 39.4 Å². The Morgan fingerprint density at radius 2 is 1.95 bits per heavy atom. The maximum Gasteiger partial charge on any atom is 0.324 e. The van der Waals surface area contributed by atoms with E-state index in [1.165, 1.54) is 11.3 Å². The third-order valence-electron chi connectivity index (χ3n) is 7.14. The van der Waals surface area contributed by atoms with Gasteiger partial charge in [0.1, 0.15) is 17.2 Å². The highest BCUT2D eigenvalue weighted by molar-refractivity contribution is 7.23. The number of benzene rings is 1. The van der Waals surface area contributed by atoms with Crippen molar-refractivity contribution in [3.8, 4) is 17.1 Å². The van der Waals surface area contributed by atoms with Crippen LogP contribution in [0, 0.1) is 0 Å². The average Bonchev–Trinajstić information content (AvgIpc) is 3.23. The third-order valence-corrected chi connectivity index (χ3v) is 8.10. The van der Waals surface area contributed by atoms with Gasteiger partial charge in [0.05, 0.1) is 29.5 Å². The summed E-state index contributed by atoms with van der Waals surface area (Å²) in [5, 5.41) is 31.3. The molecule has 1 aliphatic carbocycles. The first-order valence-electron chi connectivity index (χ1n) is 13.7. The molecule has 1 unspecified atom stereocenters. The summed E-state index contributed by atoms with van der Waals surface area (Å²) in [5.41, 5.74) is 2.91. The van der Waals surface area contributed by atoms with Crippen molar-refractivity contribution in [2.75, 3.05) is 30.4 Å². The Bertz CT molecular complexity index is 1720. The first-order chi connectivity index (χ1) is 20.1. The summed E-state index contributed by atoms with van der Waals surface area (Å²) in [6.45, 7) is 6.53. The molecule has 12 nitrogen and oxygen atoms in total. The lowest BCUT2D eigenvalue weighted by Crippen LogP contribution is -2.42. The van der Waals surface area contributed by atoms with Gasteiger partial charge in [0, 0.05) is 41.5 Å². The van der Waals surface area contributed by atoms with E-state index in [0.29, 0.717) is 36.3 Å². The third kappa shape index (κ3) is 6.09. The van der Waals surface area contributed by atoms with Crippen molar-refractivity contribution < 1.29 is 24.3 Å². The Balaban J connectivity index is 1.08. The van der Waals surface area contributed by atoms with Crippen molar-refractivity contribution in [1.29, 1.82) is 0 Å². The van der Waals surface area contributed by atoms with Gasteiger partial charge in [-0.3, -0.25) is 9.72 Å². The smallest absolute Gasteiger partial charge is 0.324 e. The normalized spacial score (nSPS) is 15.2. The number of pyridine rings is 1. The number of urea groups is 1. The zero-order valence-electron chi connectivity index (χ0n) is 23.5. The molecule has 0 bridgehead atoms. The van der Waals surface area contributed by atoms with Gasteiger partial charge in [0.25, 0.3) is 0 Å². The molecular weight excluding hydrogens is 558 g/mol. The van der Waals surface area contributed by atoms with Crippen LogP contribution >= 0.6 is 11.3 Å². The number of aliphatic hydroxyl groups excluding tert-OH is 2. The van der Waals surface area contributed by atoms with E-state index in [2.05, 4.69) is 26.1 Å². The topological polar surface area (TPSA) is 159 Å². The highest BCUT2D eigenvalue weighted by Crippen LogP contribution is 2.36. The summed E-state index contributed by atoms with van der Waals surface area (Å²) in [6, 6.07) is 12.6. The van der Waals surface area contributed by atoms with Crippen LogP contribution in [0.3, 0.4) is 0 Å². The molecule has 13 heteroatoms. The zero-order chi connectivity index (χ0) is 29.5. The van der Waals surface area contributed by atoms with Gasteiger partial charge >= 0.3 is 6.03 Å². The van der Waals surface area contributed by atoms with Gasteiger partial charge in [-0.15, -0.1) is 0 Å². The fourth-order valence-electron chi connectivity index (χ4n) is 4.41. The highest BCUT2D eigenvalue weighted by atomic mass is 32.1. The van der Waals surface area contributed by atoms with E-state index in [1.807, 2.05) is 67.8 Å². The van der Waals surface area contributed by atoms with Crippen LogP contribution in [0.5, 0.6) is 5.88 Å². The molecule has 0 aliphatic heterocycles. The average molecular weight is 592 g/mol. The van der Waals surface area contributed by atoms with Gasteiger partial charge in [-0.2, -0.15) is 0 Å². The van der Waals surface area contributed by atoms with Crippen molar-refractivity contribution in [2.24, 2.45) is 0 Å². The highest BCUT2D eigenvalue weighted by Gasteiger charge is 2.43. The first-order valence-corrected chi connectivity index (χ1v) is 14.5. The van der Waals surface area contributed by atoms with Crippen molar-refractivity contribution >= 4 is 44.2 Å². The number of hydrogen-bond donors (Lipinski definition) is 5. The van der Waals surface area contributed by atoms with E-state index < -0.39 is 12.1 Å². The number of aliphatic hydroxyl groups is 2. The number of fused-ring (bicyclic) bond motifs is 3. The number of carbonyl (C=O) groups excluding carboxylic acids is 1. The molecule has 0 radical (unpaired) electrons. The second-order valence-corrected chi connectivity index (χ2v) is 12.6. The predicted octanol–water partition coefficient (Wildman–Crippen LogP) is 4.39. The molecule has 2 amide bonds. The Labute approximate surface area is 245 Å². The molecule has 4 heterocycles. The predicted molar refractivity (Wildman–Crippen MR) is 160 cm³/mol. The van der Waals surface area contributed by atoms with Gasteiger partial charge < -0.3 is 30.1 Å². The fraction of sp³-hybridized carbons (Fsp3) is 0.379. The molecule has 1 atom stereocenters. The van der Waals surface area contributed by atoms with E-state index in [1.54, 1.807) is 6.07 Å². The lowest BCUT2D eigenvalue weighted by molar-refractivity contribution is 0.0879.